The Kier molecular flexibility index (Phi) is 3.89. The highest BCUT2D eigenvalue weighted by Crippen LogP contribution is 2.29. The summed E-state index contributed by atoms with van der Waals surface area (Å²) in [5.41, 5.74) is 10.3. The minimum atomic E-state index is 0.0869. The summed E-state index contributed by atoms with van der Waals surface area (Å²) in [4.78, 5) is 16.4. The van der Waals surface area contributed by atoms with Crippen molar-refractivity contribution in [3.05, 3.63) is 38.7 Å². The van der Waals surface area contributed by atoms with Gasteiger partial charge in [0.25, 0.3) is 0 Å². The van der Waals surface area contributed by atoms with Crippen molar-refractivity contribution in [2.75, 3.05) is 18.0 Å². The van der Waals surface area contributed by atoms with Gasteiger partial charge in [0.15, 0.2) is 0 Å². The first-order valence-electron chi connectivity index (χ1n) is 5.69. The van der Waals surface area contributed by atoms with Gasteiger partial charge in [-0.25, -0.2) is 0 Å². The molecule has 0 radical (unpaired) electrons. The van der Waals surface area contributed by atoms with Crippen molar-refractivity contribution in [1.82, 2.24) is 0 Å². The minimum Gasteiger partial charge on any atom is -0.312 e. The first kappa shape index (κ1) is 12.9. The summed E-state index contributed by atoms with van der Waals surface area (Å²) in [7, 11) is 0. The molecule has 1 heterocycles. The number of aryl methyl sites for hydroxylation is 1. The van der Waals surface area contributed by atoms with E-state index >= 15 is 0 Å². The van der Waals surface area contributed by atoms with Crippen LogP contribution in [-0.2, 0) is 4.79 Å². The van der Waals surface area contributed by atoms with E-state index < -0.39 is 0 Å². The van der Waals surface area contributed by atoms with Gasteiger partial charge in [0.05, 0.1) is 0 Å². The van der Waals surface area contributed by atoms with Crippen LogP contribution in [0.1, 0.15) is 12.0 Å². The van der Waals surface area contributed by atoms with E-state index in [4.69, 9.17) is 5.53 Å². The van der Waals surface area contributed by atoms with E-state index in [1.165, 1.54) is 0 Å². The molecule has 0 saturated carbocycles. The number of anilines is 1. The van der Waals surface area contributed by atoms with Gasteiger partial charge < -0.3 is 4.90 Å². The molecule has 0 bridgehead atoms. The Hall–Kier alpha value is -1.52. The van der Waals surface area contributed by atoms with Crippen LogP contribution in [0.4, 0.5) is 5.69 Å². The first-order chi connectivity index (χ1) is 8.61. The number of benzene rings is 1. The number of nitrogens with zero attached hydrogens (tertiary/aromatic N) is 4. The van der Waals surface area contributed by atoms with Crippen molar-refractivity contribution >= 4 is 27.5 Å². The topological polar surface area (TPSA) is 69.1 Å². The molecule has 0 aliphatic carbocycles. The van der Waals surface area contributed by atoms with Crippen LogP contribution in [0.15, 0.2) is 27.8 Å². The largest absolute Gasteiger partial charge is 0.312 e. The van der Waals surface area contributed by atoms with E-state index in [0.29, 0.717) is 19.5 Å². The molecule has 2 rings (SSSR count). The molecule has 1 aliphatic rings. The predicted molar refractivity (Wildman–Crippen MR) is 73.4 cm³/mol. The zero-order valence-corrected chi connectivity index (χ0v) is 11.6. The molecule has 0 spiro atoms. The zero-order chi connectivity index (χ0) is 13.1. The van der Waals surface area contributed by atoms with Crippen molar-refractivity contribution in [2.45, 2.75) is 13.3 Å². The molecule has 1 fully saturated rings. The summed E-state index contributed by atoms with van der Waals surface area (Å²) >= 11 is 3.47. The van der Waals surface area contributed by atoms with Crippen LogP contribution in [0.3, 0.4) is 0 Å². The maximum Gasteiger partial charge on any atom is 0.227 e. The van der Waals surface area contributed by atoms with Crippen LogP contribution >= 0.6 is 15.9 Å². The van der Waals surface area contributed by atoms with Crippen molar-refractivity contribution in [1.29, 1.82) is 0 Å². The highest BCUT2D eigenvalue weighted by Gasteiger charge is 2.30. The molecule has 18 heavy (non-hydrogen) atoms. The number of rotatable bonds is 3. The third kappa shape index (κ3) is 2.66. The zero-order valence-electron chi connectivity index (χ0n) is 10.0. The van der Waals surface area contributed by atoms with Crippen LogP contribution in [-0.4, -0.2) is 19.0 Å². The van der Waals surface area contributed by atoms with Crippen molar-refractivity contribution < 1.29 is 4.79 Å². The third-order valence-electron chi connectivity index (χ3n) is 3.08. The summed E-state index contributed by atoms with van der Waals surface area (Å²) in [6.45, 7) is 3.00. The molecule has 1 saturated heterocycles. The lowest BCUT2D eigenvalue weighted by atomic mass is 10.1. The summed E-state index contributed by atoms with van der Waals surface area (Å²) in [6, 6.07) is 5.87. The molecule has 1 aliphatic heterocycles. The molecule has 0 aromatic heterocycles. The number of amides is 1. The van der Waals surface area contributed by atoms with Gasteiger partial charge in [0, 0.05) is 34.6 Å². The average molecular weight is 309 g/mol. The van der Waals surface area contributed by atoms with Gasteiger partial charge in [-0.05, 0) is 36.1 Å². The van der Waals surface area contributed by atoms with Crippen molar-refractivity contribution in [3.63, 3.8) is 0 Å². The molecule has 94 valence electrons. The minimum absolute atomic E-state index is 0.0869. The highest BCUT2D eigenvalue weighted by molar-refractivity contribution is 9.10. The van der Waals surface area contributed by atoms with Gasteiger partial charge in [-0.3, -0.25) is 4.79 Å². The number of carbonyl (C=O) groups excluding carboxylic acids is 1. The average Bonchev–Trinajstić information content (AvgIpc) is 2.71. The molecule has 1 aromatic rings. The Morgan fingerprint density at radius 3 is 3.06 bits per heavy atom. The summed E-state index contributed by atoms with van der Waals surface area (Å²) in [5, 5.41) is 3.54. The fraction of sp³-hybridized carbons (Fsp3) is 0.417. The van der Waals surface area contributed by atoms with Gasteiger partial charge in [0.2, 0.25) is 5.91 Å². The molecule has 1 amide bonds. The van der Waals surface area contributed by atoms with E-state index in [0.717, 1.165) is 15.7 Å². The maximum absolute atomic E-state index is 11.9. The molecule has 1 aromatic carbocycles. The lowest BCUT2D eigenvalue weighted by molar-refractivity contribution is -0.117. The second-order valence-corrected chi connectivity index (χ2v) is 5.28. The Morgan fingerprint density at radius 1 is 1.61 bits per heavy atom. The van der Waals surface area contributed by atoms with Gasteiger partial charge >= 0.3 is 0 Å². The van der Waals surface area contributed by atoms with E-state index in [-0.39, 0.29) is 11.8 Å². The number of hydrogen-bond donors (Lipinski definition) is 0. The second kappa shape index (κ2) is 5.42. The van der Waals surface area contributed by atoms with Crippen molar-refractivity contribution in [2.24, 2.45) is 11.0 Å². The SMILES string of the molecule is Cc1ccc(N2CC(CN=[N+]=[N-])CC2=O)cc1Br. The van der Waals surface area contributed by atoms with Gasteiger partial charge in [-0.2, -0.15) is 0 Å². The number of azide groups is 1. The van der Waals surface area contributed by atoms with Crippen LogP contribution < -0.4 is 4.90 Å². The van der Waals surface area contributed by atoms with E-state index in [1.54, 1.807) is 4.90 Å². The van der Waals surface area contributed by atoms with Gasteiger partial charge in [-0.15, -0.1) is 0 Å². The lowest BCUT2D eigenvalue weighted by Crippen LogP contribution is -2.24. The maximum atomic E-state index is 11.9. The Labute approximate surface area is 114 Å². The number of carbonyl (C=O) groups is 1. The molecule has 1 atom stereocenters. The standard InChI is InChI=1S/C12H13BrN4O/c1-8-2-3-10(5-11(8)13)17-7-9(4-12(17)18)6-15-16-14/h2-3,5,9H,4,6-7H2,1H3. The van der Waals surface area contributed by atoms with Gasteiger partial charge in [0.1, 0.15) is 0 Å². The smallest absolute Gasteiger partial charge is 0.227 e. The molecule has 0 N–H and O–H groups in total. The quantitative estimate of drug-likeness (QED) is 0.479. The second-order valence-electron chi connectivity index (χ2n) is 4.42. The molecule has 6 heteroatoms. The molecule has 1 unspecified atom stereocenters. The third-order valence-corrected chi connectivity index (χ3v) is 3.93. The van der Waals surface area contributed by atoms with E-state index in [9.17, 15) is 4.79 Å². The Morgan fingerprint density at radius 2 is 2.39 bits per heavy atom. The van der Waals surface area contributed by atoms with Crippen LogP contribution in [0.5, 0.6) is 0 Å². The summed E-state index contributed by atoms with van der Waals surface area (Å²) in [6.07, 6.45) is 0.449. The Bertz CT molecular complexity index is 525. The Balaban J connectivity index is 2.16. The molecular weight excluding hydrogens is 296 g/mol. The number of halogens is 1. The normalized spacial score (nSPS) is 18.9. The highest BCUT2D eigenvalue weighted by atomic mass is 79.9. The lowest BCUT2D eigenvalue weighted by Gasteiger charge is -2.17. The fourth-order valence-corrected chi connectivity index (χ4v) is 2.42. The van der Waals surface area contributed by atoms with E-state index in [2.05, 4.69) is 26.0 Å². The van der Waals surface area contributed by atoms with Gasteiger partial charge in [-0.1, -0.05) is 27.1 Å². The first-order valence-corrected chi connectivity index (χ1v) is 6.48. The summed E-state index contributed by atoms with van der Waals surface area (Å²) < 4.78 is 0.992. The van der Waals surface area contributed by atoms with Crippen molar-refractivity contribution in [3.8, 4) is 0 Å². The van der Waals surface area contributed by atoms with Crippen LogP contribution in [0, 0.1) is 12.8 Å². The van der Waals surface area contributed by atoms with E-state index in [1.807, 2.05) is 25.1 Å². The monoisotopic (exact) mass is 308 g/mol. The number of hydrogen-bond acceptors (Lipinski definition) is 2. The fourth-order valence-electron chi connectivity index (χ4n) is 2.06. The van der Waals surface area contributed by atoms with Crippen LogP contribution in [0.2, 0.25) is 0 Å². The predicted octanol–water partition coefficient (Wildman–Crippen LogP) is 3.42. The summed E-state index contributed by atoms with van der Waals surface area (Å²) in [5.74, 6) is 0.206. The molecular formula is C12H13BrN4O. The van der Waals surface area contributed by atoms with Crippen LogP contribution in [0.25, 0.3) is 10.4 Å². The molecule has 5 nitrogen and oxygen atoms in total.